The molecule has 0 spiro atoms. The van der Waals surface area contributed by atoms with Gasteiger partial charge in [0.1, 0.15) is 12.1 Å². The fourth-order valence-corrected chi connectivity index (χ4v) is 0.156. The Labute approximate surface area is 79.7 Å². The normalized spacial score (nSPS) is 13.4. The van der Waals surface area contributed by atoms with Crippen LogP contribution in [-0.4, -0.2) is 57.7 Å². The van der Waals surface area contributed by atoms with Crippen molar-refractivity contribution in [1.29, 1.82) is 0 Å². The minimum absolute atomic E-state index is 0.505. The first-order chi connectivity index (χ1) is 6.36. The van der Waals surface area contributed by atoms with Gasteiger partial charge in [0.2, 0.25) is 0 Å². The number of nitrogens with two attached hydrogens (primary N) is 2. The summed E-state index contributed by atoms with van der Waals surface area (Å²) in [5.74, 6) is -2.36. The number of carboxylic acids is 2. The van der Waals surface area contributed by atoms with Crippen LogP contribution in [0.25, 0.3) is 0 Å². The van der Waals surface area contributed by atoms with Crippen LogP contribution < -0.4 is 11.5 Å². The van der Waals surface area contributed by atoms with Gasteiger partial charge in [0, 0.05) is 0 Å². The third kappa shape index (κ3) is 8.87. The Bertz CT molecular complexity index is 165. The van der Waals surface area contributed by atoms with E-state index in [4.69, 9.17) is 31.9 Å². The van der Waals surface area contributed by atoms with Gasteiger partial charge in [-0.2, -0.15) is 0 Å². The van der Waals surface area contributed by atoms with Gasteiger partial charge >= 0.3 is 11.9 Å². The van der Waals surface area contributed by atoms with Crippen molar-refractivity contribution in [1.82, 2.24) is 0 Å². The zero-order valence-electron chi connectivity index (χ0n) is 7.33. The summed E-state index contributed by atoms with van der Waals surface area (Å²) in [6.45, 7) is -1.01. The Balaban J connectivity index is 0. The van der Waals surface area contributed by atoms with Crippen LogP contribution in [0.15, 0.2) is 0 Å². The molecule has 0 fully saturated rings. The van der Waals surface area contributed by atoms with Crippen LogP contribution in [0.2, 0.25) is 0 Å². The Hall–Kier alpha value is -1.22. The van der Waals surface area contributed by atoms with E-state index in [-0.39, 0.29) is 0 Å². The molecule has 8 heteroatoms. The number of hydrogen-bond acceptors (Lipinski definition) is 6. The van der Waals surface area contributed by atoms with E-state index in [2.05, 4.69) is 0 Å². The van der Waals surface area contributed by atoms with Crippen molar-refractivity contribution in [3.8, 4) is 0 Å². The highest BCUT2D eigenvalue weighted by Crippen LogP contribution is 1.71. The highest BCUT2D eigenvalue weighted by molar-refractivity contribution is 5.73. The third-order valence-corrected chi connectivity index (χ3v) is 1.03. The Morgan fingerprint density at radius 3 is 1.14 bits per heavy atom. The number of carboxylic acid groups (broad SMARTS) is 2. The summed E-state index contributed by atoms with van der Waals surface area (Å²) in [5.41, 5.74) is 9.53. The van der Waals surface area contributed by atoms with Gasteiger partial charge in [-0.1, -0.05) is 0 Å². The molecule has 0 aromatic rings. The van der Waals surface area contributed by atoms with E-state index in [1.165, 1.54) is 0 Å². The first-order valence-corrected chi connectivity index (χ1v) is 3.55. The van der Waals surface area contributed by atoms with E-state index in [9.17, 15) is 9.59 Å². The summed E-state index contributed by atoms with van der Waals surface area (Å²) in [6, 6.07) is -2.25. The SMILES string of the molecule is N[C@@H](CO)C(=O)O.N[C@@H](CO)C(=O)O. The zero-order valence-corrected chi connectivity index (χ0v) is 7.33. The van der Waals surface area contributed by atoms with Crippen LogP contribution in [0.5, 0.6) is 0 Å². The molecule has 0 aliphatic carbocycles. The fourth-order valence-electron chi connectivity index (χ4n) is 0.156. The van der Waals surface area contributed by atoms with E-state index in [1.54, 1.807) is 0 Å². The van der Waals surface area contributed by atoms with Gasteiger partial charge < -0.3 is 31.9 Å². The molecule has 0 aliphatic rings. The van der Waals surface area contributed by atoms with Gasteiger partial charge in [0.25, 0.3) is 0 Å². The highest BCUT2D eigenvalue weighted by Gasteiger charge is 2.07. The topological polar surface area (TPSA) is 167 Å². The first-order valence-electron chi connectivity index (χ1n) is 3.55. The van der Waals surface area contributed by atoms with Crippen molar-refractivity contribution < 1.29 is 30.0 Å². The molecular weight excluding hydrogens is 196 g/mol. The lowest BCUT2D eigenvalue weighted by molar-refractivity contribution is -0.140. The highest BCUT2D eigenvalue weighted by atomic mass is 16.4. The predicted molar refractivity (Wildman–Crippen MR) is 45.4 cm³/mol. The van der Waals surface area contributed by atoms with Gasteiger partial charge in [-0.15, -0.1) is 0 Å². The molecule has 0 saturated heterocycles. The average Bonchev–Trinajstić information content (AvgIpc) is 2.15. The summed E-state index contributed by atoms with van der Waals surface area (Å²) in [6.07, 6.45) is 0. The first kappa shape index (κ1) is 15.3. The lowest BCUT2D eigenvalue weighted by Gasteiger charge is -1.96. The molecule has 2 atom stereocenters. The van der Waals surface area contributed by atoms with Gasteiger partial charge in [0.05, 0.1) is 13.2 Å². The molecular formula is C6H14N2O6. The Morgan fingerprint density at radius 2 is 1.14 bits per heavy atom. The molecule has 14 heavy (non-hydrogen) atoms. The van der Waals surface area contributed by atoms with Crippen molar-refractivity contribution in [2.24, 2.45) is 11.5 Å². The monoisotopic (exact) mass is 210 g/mol. The van der Waals surface area contributed by atoms with Crippen LogP contribution >= 0.6 is 0 Å². The zero-order chi connectivity index (χ0) is 11.7. The fraction of sp³-hybridized carbons (Fsp3) is 0.667. The van der Waals surface area contributed by atoms with Crippen LogP contribution in [0.3, 0.4) is 0 Å². The molecule has 0 saturated carbocycles. The largest absolute Gasteiger partial charge is 0.480 e. The van der Waals surface area contributed by atoms with E-state index >= 15 is 0 Å². The molecule has 0 aromatic heterocycles. The average molecular weight is 210 g/mol. The van der Waals surface area contributed by atoms with Gasteiger partial charge in [-0.25, -0.2) is 0 Å². The van der Waals surface area contributed by atoms with Crippen LogP contribution in [0, 0.1) is 0 Å². The molecule has 0 heterocycles. The summed E-state index contributed by atoms with van der Waals surface area (Å²) in [7, 11) is 0. The molecule has 0 amide bonds. The van der Waals surface area contributed by atoms with E-state index in [0.29, 0.717) is 0 Å². The third-order valence-electron chi connectivity index (χ3n) is 1.03. The molecule has 0 bridgehead atoms. The molecule has 84 valence electrons. The van der Waals surface area contributed by atoms with Gasteiger partial charge in [0.15, 0.2) is 0 Å². The lowest BCUT2D eigenvalue weighted by atomic mass is 10.3. The minimum Gasteiger partial charge on any atom is -0.480 e. The van der Waals surface area contributed by atoms with Crippen molar-refractivity contribution in [3.05, 3.63) is 0 Å². The number of rotatable bonds is 4. The van der Waals surface area contributed by atoms with Crippen LogP contribution in [0.1, 0.15) is 0 Å². The van der Waals surface area contributed by atoms with Crippen molar-refractivity contribution in [2.45, 2.75) is 12.1 Å². The summed E-state index contributed by atoms with van der Waals surface area (Å²) in [5, 5.41) is 31.8. The van der Waals surface area contributed by atoms with Crippen molar-refractivity contribution >= 4 is 11.9 Å². The number of carbonyl (C=O) groups is 2. The summed E-state index contributed by atoms with van der Waals surface area (Å²) >= 11 is 0. The minimum atomic E-state index is -1.18. The van der Waals surface area contributed by atoms with E-state index in [0.717, 1.165) is 0 Å². The lowest BCUT2D eigenvalue weighted by Crippen LogP contribution is -2.33. The van der Waals surface area contributed by atoms with E-state index < -0.39 is 37.2 Å². The Morgan fingerprint density at radius 1 is 0.929 bits per heavy atom. The predicted octanol–water partition coefficient (Wildman–Crippen LogP) is -3.22. The smallest absolute Gasteiger partial charge is 0.322 e. The van der Waals surface area contributed by atoms with E-state index in [1.807, 2.05) is 0 Å². The van der Waals surface area contributed by atoms with Crippen molar-refractivity contribution in [3.63, 3.8) is 0 Å². The molecule has 0 rings (SSSR count). The Kier molecular flexibility index (Phi) is 9.14. The molecule has 0 unspecified atom stereocenters. The second kappa shape index (κ2) is 8.38. The van der Waals surface area contributed by atoms with Gasteiger partial charge in [-0.05, 0) is 0 Å². The molecule has 0 aromatic carbocycles. The summed E-state index contributed by atoms with van der Waals surface area (Å²) in [4.78, 5) is 19.3. The second-order valence-electron chi connectivity index (χ2n) is 2.25. The number of aliphatic hydroxyl groups is 2. The quantitative estimate of drug-likeness (QED) is 0.281. The molecule has 8 nitrogen and oxygen atoms in total. The summed E-state index contributed by atoms with van der Waals surface area (Å²) < 4.78 is 0. The molecule has 0 radical (unpaired) electrons. The van der Waals surface area contributed by atoms with Crippen LogP contribution in [0.4, 0.5) is 0 Å². The molecule has 8 N–H and O–H groups in total. The number of hydrogen-bond donors (Lipinski definition) is 6. The number of aliphatic carboxylic acids is 2. The number of aliphatic hydroxyl groups excluding tert-OH is 2. The van der Waals surface area contributed by atoms with Crippen LogP contribution in [-0.2, 0) is 9.59 Å². The molecule has 0 aliphatic heterocycles. The maximum atomic E-state index is 9.65. The second-order valence-corrected chi connectivity index (χ2v) is 2.25. The maximum Gasteiger partial charge on any atom is 0.322 e. The van der Waals surface area contributed by atoms with Gasteiger partial charge in [-0.3, -0.25) is 9.59 Å². The standard InChI is InChI=1S/2C3H7NO3/c2*4-2(1-5)3(6)7/h2*2,5H,1,4H2,(H,6,7)/t2*2-/m00/s1. The van der Waals surface area contributed by atoms with Crippen molar-refractivity contribution in [2.75, 3.05) is 13.2 Å². The maximum absolute atomic E-state index is 9.65.